The highest BCUT2D eigenvalue weighted by molar-refractivity contribution is 5.67. The minimum atomic E-state index is -1.18. The van der Waals surface area contributed by atoms with E-state index >= 15 is 0 Å². The maximum Gasteiger partial charge on any atom is 0.136 e. The van der Waals surface area contributed by atoms with Crippen LogP contribution >= 0.6 is 0 Å². The molecular formula is C21H21N2O3-. The summed E-state index contributed by atoms with van der Waals surface area (Å²) in [5, 5.41) is 18.4. The molecule has 0 amide bonds. The van der Waals surface area contributed by atoms with Crippen molar-refractivity contribution in [2.45, 2.75) is 44.9 Å². The van der Waals surface area contributed by atoms with Crippen molar-refractivity contribution in [2.75, 3.05) is 6.61 Å². The van der Waals surface area contributed by atoms with Gasteiger partial charge in [-0.1, -0.05) is 19.8 Å². The molecule has 1 aromatic heterocycles. The molecule has 0 aliphatic carbocycles. The highest BCUT2D eigenvalue weighted by Crippen LogP contribution is 2.43. The van der Waals surface area contributed by atoms with Gasteiger partial charge in [0.25, 0.3) is 0 Å². The van der Waals surface area contributed by atoms with Gasteiger partial charge in [0, 0.05) is 28.9 Å². The fraction of sp³-hybridized carbons (Fsp3) is 0.381. The van der Waals surface area contributed by atoms with E-state index in [0.29, 0.717) is 11.4 Å². The van der Waals surface area contributed by atoms with Gasteiger partial charge >= 0.3 is 0 Å². The van der Waals surface area contributed by atoms with E-state index in [0.717, 1.165) is 37.2 Å². The molecule has 0 N–H and O–H groups in total. The number of carbonyl (C=O) groups excluding carboxylic acids is 1. The molecule has 1 aromatic carbocycles. The molecule has 5 nitrogen and oxygen atoms in total. The standard InChI is InChI=1S/C21H22N2O3/c1-3-21(4-2)11-12-26-19-10-6-15(13-18(19)21)5-7-16-8-9-17(23-22-16)14-20(24)25/h6,8-10,13H,3-4,11-12,14H2,1-2H3,(H,24,25)/p-1. The first-order valence-electron chi connectivity index (χ1n) is 8.88. The molecule has 134 valence electrons. The minimum Gasteiger partial charge on any atom is -0.550 e. The Bertz CT molecular complexity index is 859. The van der Waals surface area contributed by atoms with E-state index in [1.807, 2.05) is 12.1 Å². The maximum absolute atomic E-state index is 10.6. The Labute approximate surface area is 153 Å². The number of rotatable bonds is 4. The van der Waals surface area contributed by atoms with Crippen LogP contribution in [0.25, 0.3) is 0 Å². The zero-order valence-electron chi connectivity index (χ0n) is 15.0. The summed E-state index contributed by atoms with van der Waals surface area (Å²) in [5.74, 6) is 5.88. The molecule has 0 spiro atoms. The van der Waals surface area contributed by atoms with Crippen molar-refractivity contribution in [1.29, 1.82) is 0 Å². The Balaban J connectivity index is 1.86. The number of carbonyl (C=O) groups is 1. The lowest BCUT2D eigenvalue weighted by molar-refractivity contribution is -0.304. The van der Waals surface area contributed by atoms with Gasteiger partial charge in [0.1, 0.15) is 11.4 Å². The van der Waals surface area contributed by atoms with Crippen molar-refractivity contribution in [3.05, 3.63) is 52.8 Å². The SMILES string of the molecule is CCC1(CC)CCOc2ccc(C#Cc3ccc(CC(=O)[O-])nn3)cc21. The van der Waals surface area contributed by atoms with Crippen LogP contribution in [0.2, 0.25) is 0 Å². The van der Waals surface area contributed by atoms with Crippen LogP contribution < -0.4 is 9.84 Å². The lowest BCUT2D eigenvalue weighted by atomic mass is 9.71. The van der Waals surface area contributed by atoms with Gasteiger partial charge in [0.05, 0.1) is 12.3 Å². The van der Waals surface area contributed by atoms with Crippen molar-refractivity contribution < 1.29 is 14.6 Å². The number of hydrogen-bond acceptors (Lipinski definition) is 5. The van der Waals surface area contributed by atoms with E-state index in [-0.39, 0.29) is 11.8 Å². The minimum absolute atomic E-state index is 0.150. The lowest BCUT2D eigenvalue weighted by Gasteiger charge is -2.37. The summed E-state index contributed by atoms with van der Waals surface area (Å²) in [4.78, 5) is 10.6. The largest absolute Gasteiger partial charge is 0.550 e. The normalized spacial score (nSPS) is 14.5. The van der Waals surface area contributed by atoms with Crippen molar-refractivity contribution >= 4 is 5.97 Å². The van der Waals surface area contributed by atoms with Crippen LogP contribution in [0.4, 0.5) is 0 Å². The zero-order chi connectivity index (χ0) is 18.6. The van der Waals surface area contributed by atoms with E-state index in [9.17, 15) is 9.90 Å². The molecule has 3 rings (SSSR count). The number of carboxylic acid groups (broad SMARTS) is 1. The molecule has 2 aromatic rings. The topological polar surface area (TPSA) is 75.1 Å². The molecule has 26 heavy (non-hydrogen) atoms. The van der Waals surface area contributed by atoms with Crippen LogP contribution in [0.5, 0.6) is 5.75 Å². The van der Waals surface area contributed by atoms with Crippen LogP contribution in [0, 0.1) is 11.8 Å². The third-order valence-corrected chi connectivity index (χ3v) is 5.12. The van der Waals surface area contributed by atoms with Crippen molar-refractivity contribution in [2.24, 2.45) is 0 Å². The highest BCUT2D eigenvalue weighted by Gasteiger charge is 2.34. The molecule has 0 bridgehead atoms. The molecule has 1 aliphatic rings. The Morgan fingerprint density at radius 2 is 2.00 bits per heavy atom. The predicted molar refractivity (Wildman–Crippen MR) is 95.5 cm³/mol. The summed E-state index contributed by atoms with van der Waals surface area (Å²) in [6, 6.07) is 9.33. The van der Waals surface area contributed by atoms with E-state index in [4.69, 9.17) is 4.74 Å². The van der Waals surface area contributed by atoms with Crippen LogP contribution in [-0.4, -0.2) is 22.8 Å². The first-order chi connectivity index (χ1) is 12.6. The summed E-state index contributed by atoms with van der Waals surface area (Å²) in [5.41, 5.74) is 3.14. The number of fused-ring (bicyclic) bond motifs is 1. The Morgan fingerprint density at radius 1 is 1.19 bits per heavy atom. The number of hydrogen-bond donors (Lipinski definition) is 0. The van der Waals surface area contributed by atoms with Gasteiger partial charge in [-0.25, -0.2) is 0 Å². The molecule has 0 atom stereocenters. The molecule has 0 radical (unpaired) electrons. The van der Waals surface area contributed by atoms with Crippen molar-refractivity contribution in [3.8, 4) is 17.6 Å². The van der Waals surface area contributed by atoms with E-state index < -0.39 is 5.97 Å². The summed E-state index contributed by atoms with van der Waals surface area (Å²) in [6.45, 7) is 5.20. The lowest BCUT2D eigenvalue weighted by Crippen LogP contribution is -2.31. The number of nitrogens with zero attached hydrogens (tertiary/aromatic N) is 2. The number of ether oxygens (including phenoxy) is 1. The van der Waals surface area contributed by atoms with E-state index in [1.54, 1.807) is 12.1 Å². The number of aliphatic carboxylic acids is 1. The summed E-state index contributed by atoms with van der Waals surface area (Å²) < 4.78 is 5.82. The quantitative estimate of drug-likeness (QED) is 0.789. The Kier molecular flexibility index (Phi) is 5.22. The molecule has 0 saturated heterocycles. The smallest absolute Gasteiger partial charge is 0.136 e. The fourth-order valence-electron chi connectivity index (χ4n) is 3.43. The van der Waals surface area contributed by atoms with Gasteiger partial charge in [0.2, 0.25) is 0 Å². The third-order valence-electron chi connectivity index (χ3n) is 5.12. The van der Waals surface area contributed by atoms with Crippen LogP contribution in [0.3, 0.4) is 0 Å². The summed E-state index contributed by atoms with van der Waals surface area (Å²) in [6.07, 6.45) is 2.92. The van der Waals surface area contributed by atoms with Crippen molar-refractivity contribution in [3.63, 3.8) is 0 Å². The molecule has 1 aliphatic heterocycles. The second-order valence-corrected chi connectivity index (χ2v) is 6.51. The maximum atomic E-state index is 10.6. The molecule has 2 heterocycles. The second kappa shape index (κ2) is 7.57. The third kappa shape index (κ3) is 3.70. The monoisotopic (exact) mass is 349 g/mol. The van der Waals surface area contributed by atoms with Crippen LogP contribution in [0.1, 0.15) is 55.6 Å². The first-order valence-corrected chi connectivity index (χ1v) is 8.88. The molecule has 0 unspecified atom stereocenters. The summed E-state index contributed by atoms with van der Waals surface area (Å²) >= 11 is 0. The Morgan fingerprint density at radius 3 is 2.65 bits per heavy atom. The fourth-order valence-corrected chi connectivity index (χ4v) is 3.43. The predicted octanol–water partition coefficient (Wildman–Crippen LogP) is 2.01. The summed E-state index contributed by atoms with van der Waals surface area (Å²) in [7, 11) is 0. The van der Waals surface area contributed by atoms with Crippen molar-refractivity contribution in [1.82, 2.24) is 10.2 Å². The number of aromatic nitrogens is 2. The molecule has 0 saturated carbocycles. The molecule has 0 fully saturated rings. The average Bonchev–Trinajstić information content (AvgIpc) is 2.66. The molecule has 5 heteroatoms. The first kappa shape index (κ1) is 17.9. The number of benzene rings is 1. The Hall–Kier alpha value is -2.87. The zero-order valence-corrected chi connectivity index (χ0v) is 15.0. The van der Waals surface area contributed by atoms with Gasteiger partial charge < -0.3 is 14.6 Å². The van der Waals surface area contributed by atoms with Gasteiger partial charge in [0.15, 0.2) is 0 Å². The van der Waals surface area contributed by atoms with Gasteiger partial charge in [-0.15, -0.1) is 5.10 Å². The van der Waals surface area contributed by atoms with E-state index in [2.05, 4.69) is 42.0 Å². The average molecular weight is 349 g/mol. The van der Waals surface area contributed by atoms with Crippen LogP contribution in [-0.2, 0) is 16.6 Å². The second-order valence-electron chi connectivity index (χ2n) is 6.51. The van der Waals surface area contributed by atoms with E-state index in [1.165, 1.54) is 5.56 Å². The number of carboxylic acids is 1. The highest BCUT2D eigenvalue weighted by atomic mass is 16.5. The molecular weight excluding hydrogens is 328 g/mol. The van der Waals surface area contributed by atoms with Gasteiger partial charge in [-0.05, 0) is 55.5 Å². The van der Waals surface area contributed by atoms with Gasteiger partial charge in [-0.2, -0.15) is 5.10 Å². The van der Waals surface area contributed by atoms with Gasteiger partial charge in [-0.3, -0.25) is 0 Å². The van der Waals surface area contributed by atoms with Crippen LogP contribution in [0.15, 0.2) is 30.3 Å².